The van der Waals surface area contributed by atoms with E-state index in [1.54, 1.807) is 12.1 Å². The van der Waals surface area contributed by atoms with Crippen LogP contribution in [0.15, 0.2) is 42.5 Å². The lowest BCUT2D eigenvalue weighted by molar-refractivity contribution is -0.131. The summed E-state index contributed by atoms with van der Waals surface area (Å²) in [6, 6.07) is 12.7. The summed E-state index contributed by atoms with van der Waals surface area (Å²) >= 11 is 6.03. The standard InChI is InChI=1S/C24H26ClN7O3/c1-35-20-14-18(13-19(25)26-20)23(34)30-10-7-24(8-11-30)9-12-31(16-24)21(33)15-32-28-22(27-29-32)17-5-3-2-4-6-17/h2-6,13-14H,7-12,15-16H2,1H3. The summed E-state index contributed by atoms with van der Waals surface area (Å²) in [4.78, 5) is 35.0. The third-order valence-corrected chi connectivity index (χ3v) is 7.08. The van der Waals surface area contributed by atoms with Gasteiger partial charge >= 0.3 is 0 Å². The van der Waals surface area contributed by atoms with E-state index in [2.05, 4.69) is 20.4 Å². The van der Waals surface area contributed by atoms with Crippen molar-refractivity contribution >= 4 is 23.4 Å². The van der Waals surface area contributed by atoms with E-state index in [1.165, 1.54) is 11.9 Å². The minimum atomic E-state index is -0.0835. The summed E-state index contributed by atoms with van der Waals surface area (Å²) in [6.07, 6.45) is 2.62. The van der Waals surface area contributed by atoms with Crippen molar-refractivity contribution in [1.29, 1.82) is 0 Å². The number of benzene rings is 1. The highest BCUT2D eigenvalue weighted by Gasteiger charge is 2.43. The molecule has 0 unspecified atom stereocenters. The van der Waals surface area contributed by atoms with Gasteiger partial charge in [-0.2, -0.15) is 4.80 Å². The van der Waals surface area contributed by atoms with Crippen molar-refractivity contribution in [1.82, 2.24) is 35.0 Å². The van der Waals surface area contributed by atoms with E-state index < -0.39 is 0 Å². The number of carbonyl (C=O) groups excluding carboxylic acids is 2. The molecule has 2 aliphatic heterocycles. The van der Waals surface area contributed by atoms with Crippen molar-refractivity contribution in [2.24, 2.45) is 5.41 Å². The fraction of sp³-hybridized carbons (Fsp3) is 0.417. The lowest BCUT2D eigenvalue weighted by Crippen LogP contribution is -2.45. The van der Waals surface area contributed by atoms with Gasteiger partial charge in [-0.15, -0.1) is 10.2 Å². The number of tetrazole rings is 1. The van der Waals surface area contributed by atoms with Crippen LogP contribution >= 0.6 is 11.6 Å². The Labute approximate surface area is 207 Å². The molecular formula is C24H26ClN7O3. The van der Waals surface area contributed by atoms with Gasteiger partial charge in [0.15, 0.2) is 0 Å². The molecule has 1 aromatic carbocycles. The SMILES string of the molecule is COc1cc(C(=O)N2CCC3(CCN(C(=O)Cn4nnc(-c5ccccc5)n4)C3)CC2)cc(Cl)n1. The molecule has 0 atom stereocenters. The Morgan fingerprint density at radius 1 is 1.06 bits per heavy atom. The number of amides is 2. The highest BCUT2D eigenvalue weighted by molar-refractivity contribution is 6.29. The van der Waals surface area contributed by atoms with Gasteiger partial charge in [0.1, 0.15) is 11.7 Å². The van der Waals surface area contributed by atoms with Crippen molar-refractivity contribution in [3.8, 4) is 17.3 Å². The van der Waals surface area contributed by atoms with Gasteiger partial charge in [-0.3, -0.25) is 9.59 Å². The second kappa shape index (κ2) is 9.61. The molecule has 0 saturated carbocycles. The summed E-state index contributed by atoms with van der Waals surface area (Å²) in [5.41, 5.74) is 1.36. The lowest BCUT2D eigenvalue weighted by Gasteiger charge is -2.39. The van der Waals surface area contributed by atoms with Crippen LogP contribution in [-0.4, -0.2) is 80.1 Å². The molecule has 0 aliphatic carbocycles. The minimum Gasteiger partial charge on any atom is -0.481 e. The number of likely N-dealkylation sites (tertiary alicyclic amines) is 2. The van der Waals surface area contributed by atoms with E-state index >= 15 is 0 Å². The second-order valence-electron chi connectivity index (χ2n) is 9.09. The van der Waals surface area contributed by atoms with Crippen LogP contribution in [0.1, 0.15) is 29.6 Å². The molecule has 2 saturated heterocycles. The summed E-state index contributed by atoms with van der Waals surface area (Å²) in [5, 5.41) is 12.7. The van der Waals surface area contributed by atoms with E-state index in [-0.39, 0.29) is 28.9 Å². The first kappa shape index (κ1) is 23.2. The molecule has 2 aromatic heterocycles. The average Bonchev–Trinajstić information content (AvgIpc) is 3.52. The van der Waals surface area contributed by atoms with Gasteiger partial charge in [0.05, 0.1) is 7.11 Å². The van der Waals surface area contributed by atoms with E-state index in [0.717, 1.165) is 24.8 Å². The number of piperidine rings is 1. The fourth-order valence-corrected chi connectivity index (χ4v) is 5.06. The monoisotopic (exact) mass is 495 g/mol. The molecule has 2 amide bonds. The minimum absolute atomic E-state index is 0.0177. The first-order valence-electron chi connectivity index (χ1n) is 11.6. The van der Waals surface area contributed by atoms with Crippen LogP contribution in [0.5, 0.6) is 5.88 Å². The third kappa shape index (κ3) is 4.97. The molecule has 0 bridgehead atoms. The number of pyridine rings is 1. The number of methoxy groups -OCH3 is 1. The van der Waals surface area contributed by atoms with Crippen LogP contribution in [0.25, 0.3) is 11.4 Å². The Bertz CT molecular complexity index is 1220. The van der Waals surface area contributed by atoms with Gasteiger partial charge in [-0.1, -0.05) is 41.9 Å². The van der Waals surface area contributed by atoms with E-state index in [0.29, 0.717) is 43.4 Å². The van der Waals surface area contributed by atoms with Crippen molar-refractivity contribution in [3.63, 3.8) is 0 Å². The molecule has 2 fully saturated rings. The summed E-state index contributed by atoms with van der Waals surface area (Å²) in [6.45, 7) is 2.71. The molecule has 1 spiro atoms. The van der Waals surface area contributed by atoms with Gasteiger partial charge in [0, 0.05) is 43.4 Å². The van der Waals surface area contributed by atoms with E-state index in [4.69, 9.17) is 16.3 Å². The Kier molecular flexibility index (Phi) is 6.38. The molecule has 4 heterocycles. The molecular weight excluding hydrogens is 470 g/mol. The Balaban J connectivity index is 1.16. The van der Waals surface area contributed by atoms with Crippen LogP contribution in [0.2, 0.25) is 5.15 Å². The first-order valence-corrected chi connectivity index (χ1v) is 11.9. The van der Waals surface area contributed by atoms with Crippen molar-refractivity contribution in [2.75, 3.05) is 33.3 Å². The van der Waals surface area contributed by atoms with Crippen LogP contribution in [0.3, 0.4) is 0 Å². The predicted molar refractivity (Wildman–Crippen MR) is 128 cm³/mol. The van der Waals surface area contributed by atoms with Gasteiger partial charge < -0.3 is 14.5 Å². The zero-order valence-corrected chi connectivity index (χ0v) is 20.2. The molecule has 2 aliphatic rings. The second-order valence-corrected chi connectivity index (χ2v) is 9.48. The normalized spacial score (nSPS) is 17.1. The first-order chi connectivity index (χ1) is 16.9. The largest absolute Gasteiger partial charge is 0.481 e. The number of hydrogen-bond acceptors (Lipinski definition) is 7. The third-order valence-electron chi connectivity index (χ3n) is 6.89. The number of nitrogens with zero attached hydrogens (tertiary/aromatic N) is 7. The summed E-state index contributed by atoms with van der Waals surface area (Å²) < 4.78 is 5.13. The zero-order chi connectivity index (χ0) is 24.4. The van der Waals surface area contributed by atoms with Gasteiger partial charge in [0.2, 0.25) is 17.6 Å². The number of halogens is 1. The number of aromatic nitrogens is 5. The zero-order valence-electron chi connectivity index (χ0n) is 19.4. The predicted octanol–water partition coefficient (Wildman–Crippen LogP) is 2.55. The summed E-state index contributed by atoms with van der Waals surface area (Å²) in [7, 11) is 1.49. The fourth-order valence-electron chi connectivity index (χ4n) is 4.86. The van der Waals surface area contributed by atoms with Gasteiger partial charge in [-0.05, 0) is 36.0 Å². The molecule has 35 heavy (non-hydrogen) atoms. The highest BCUT2D eigenvalue weighted by atomic mass is 35.5. The van der Waals surface area contributed by atoms with Gasteiger partial charge in [-0.25, -0.2) is 4.98 Å². The van der Waals surface area contributed by atoms with Crippen molar-refractivity contribution in [2.45, 2.75) is 25.8 Å². The molecule has 0 radical (unpaired) electrons. The van der Waals surface area contributed by atoms with E-state index in [9.17, 15) is 9.59 Å². The molecule has 3 aromatic rings. The molecule has 182 valence electrons. The van der Waals surface area contributed by atoms with Crippen LogP contribution in [-0.2, 0) is 11.3 Å². The summed E-state index contributed by atoms with van der Waals surface area (Å²) in [5.74, 6) is 0.717. The number of hydrogen-bond donors (Lipinski definition) is 0. The Hall–Kier alpha value is -3.53. The maximum atomic E-state index is 13.0. The Morgan fingerprint density at radius 2 is 1.77 bits per heavy atom. The lowest BCUT2D eigenvalue weighted by atomic mass is 9.77. The molecule has 5 rings (SSSR count). The smallest absolute Gasteiger partial charge is 0.254 e. The topological polar surface area (TPSA) is 106 Å². The number of rotatable bonds is 5. The average molecular weight is 496 g/mol. The number of carbonyl (C=O) groups is 2. The van der Waals surface area contributed by atoms with Crippen molar-refractivity contribution < 1.29 is 14.3 Å². The van der Waals surface area contributed by atoms with Crippen molar-refractivity contribution in [3.05, 3.63) is 53.2 Å². The van der Waals surface area contributed by atoms with Crippen LogP contribution in [0, 0.1) is 5.41 Å². The van der Waals surface area contributed by atoms with E-state index in [1.807, 2.05) is 40.1 Å². The maximum Gasteiger partial charge on any atom is 0.254 e. The molecule has 0 N–H and O–H groups in total. The van der Waals surface area contributed by atoms with Gasteiger partial charge in [0.25, 0.3) is 5.91 Å². The maximum absolute atomic E-state index is 13.0. The molecule has 11 heteroatoms. The quantitative estimate of drug-likeness (QED) is 0.501. The highest BCUT2D eigenvalue weighted by Crippen LogP contribution is 2.40. The molecule has 10 nitrogen and oxygen atoms in total. The van der Waals surface area contributed by atoms with Crippen LogP contribution < -0.4 is 4.74 Å². The van der Waals surface area contributed by atoms with Crippen LogP contribution in [0.4, 0.5) is 0 Å². The Morgan fingerprint density at radius 3 is 2.49 bits per heavy atom. The number of ether oxygens (including phenoxy) is 1.